The molecule has 0 saturated heterocycles. The lowest BCUT2D eigenvalue weighted by atomic mass is 10.1. The van der Waals surface area contributed by atoms with Gasteiger partial charge in [-0.25, -0.2) is 4.39 Å². The summed E-state index contributed by atoms with van der Waals surface area (Å²) in [6.45, 7) is 3.48. The van der Waals surface area contributed by atoms with Crippen LogP contribution in [0.1, 0.15) is 21.6 Å². The first-order valence-corrected chi connectivity index (χ1v) is 6.62. The second kappa shape index (κ2) is 5.69. The predicted octanol–water partition coefficient (Wildman–Crippen LogP) is 3.05. The minimum Gasteiger partial charge on any atom is -0.322 e. The summed E-state index contributed by atoms with van der Waals surface area (Å²) in [7, 11) is 1.60. The summed E-state index contributed by atoms with van der Waals surface area (Å²) in [4.78, 5) is 24.4. The highest BCUT2D eigenvalue weighted by Crippen LogP contribution is 2.20. The number of rotatable bonds is 2. The van der Waals surface area contributed by atoms with Crippen LogP contribution in [0.2, 0.25) is 5.02 Å². The molecule has 0 bridgehead atoms. The second-order valence-corrected chi connectivity index (χ2v) is 5.20. The van der Waals surface area contributed by atoms with Gasteiger partial charge in [0.1, 0.15) is 11.4 Å². The molecule has 1 amide bonds. The summed E-state index contributed by atoms with van der Waals surface area (Å²) in [6.07, 6.45) is 0. The van der Waals surface area contributed by atoms with Crippen LogP contribution in [0, 0.1) is 19.7 Å². The zero-order valence-corrected chi connectivity index (χ0v) is 12.6. The van der Waals surface area contributed by atoms with E-state index >= 15 is 0 Å². The number of hydrogen-bond acceptors (Lipinski definition) is 2. The van der Waals surface area contributed by atoms with E-state index in [1.807, 2.05) is 0 Å². The Morgan fingerprint density at radius 1 is 1.29 bits per heavy atom. The average Bonchev–Trinajstić information content (AvgIpc) is 2.40. The number of nitrogens with one attached hydrogen (secondary N) is 1. The van der Waals surface area contributed by atoms with Crippen LogP contribution in [-0.4, -0.2) is 10.5 Å². The fourth-order valence-corrected chi connectivity index (χ4v) is 2.20. The molecule has 2 rings (SSSR count). The number of amides is 1. The van der Waals surface area contributed by atoms with Gasteiger partial charge in [0.05, 0.1) is 5.02 Å². The van der Waals surface area contributed by atoms with Crippen LogP contribution in [0.5, 0.6) is 0 Å². The van der Waals surface area contributed by atoms with E-state index in [0.717, 1.165) is 11.8 Å². The van der Waals surface area contributed by atoms with Gasteiger partial charge in [-0.1, -0.05) is 11.6 Å². The van der Waals surface area contributed by atoms with Crippen LogP contribution in [-0.2, 0) is 7.05 Å². The Morgan fingerprint density at radius 2 is 1.95 bits per heavy atom. The van der Waals surface area contributed by atoms with Gasteiger partial charge in [0, 0.05) is 18.4 Å². The number of aryl methyl sites for hydroxylation is 2. The maximum atomic E-state index is 13.1. The molecule has 2 aromatic rings. The maximum absolute atomic E-state index is 13.1. The Morgan fingerprint density at radius 3 is 2.57 bits per heavy atom. The molecule has 1 aromatic heterocycles. The van der Waals surface area contributed by atoms with Crippen molar-refractivity contribution >= 4 is 23.2 Å². The molecule has 110 valence electrons. The normalized spacial score (nSPS) is 10.5. The molecule has 0 aliphatic heterocycles. The molecule has 6 heteroatoms. The third-order valence-electron chi connectivity index (χ3n) is 3.27. The summed E-state index contributed by atoms with van der Waals surface area (Å²) in [5, 5.41) is 2.46. The van der Waals surface area contributed by atoms with Crippen molar-refractivity contribution < 1.29 is 9.18 Å². The largest absolute Gasteiger partial charge is 0.322 e. The molecule has 0 saturated carbocycles. The SMILES string of the molecule is Cc1cc(C)n(C)c(=O)c1C(=O)Nc1ccc(F)c(Cl)c1. The maximum Gasteiger partial charge on any atom is 0.263 e. The molecule has 0 unspecified atom stereocenters. The lowest BCUT2D eigenvalue weighted by Crippen LogP contribution is -2.30. The molecule has 0 atom stereocenters. The number of halogens is 2. The van der Waals surface area contributed by atoms with E-state index in [2.05, 4.69) is 5.32 Å². The zero-order chi connectivity index (χ0) is 15.7. The molecule has 0 aliphatic carbocycles. The van der Waals surface area contributed by atoms with Crippen LogP contribution < -0.4 is 10.9 Å². The molecule has 21 heavy (non-hydrogen) atoms. The summed E-state index contributed by atoms with van der Waals surface area (Å²) in [5.74, 6) is -1.12. The Bertz CT molecular complexity index is 784. The molecule has 0 fully saturated rings. The summed E-state index contributed by atoms with van der Waals surface area (Å²) >= 11 is 5.66. The van der Waals surface area contributed by atoms with E-state index in [-0.39, 0.29) is 16.1 Å². The standard InChI is InChI=1S/C15H14ClFN2O2/c1-8-6-9(2)19(3)15(21)13(8)14(20)18-10-4-5-12(17)11(16)7-10/h4-7H,1-3H3,(H,18,20). The van der Waals surface area contributed by atoms with Gasteiger partial charge in [-0.3, -0.25) is 9.59 Å². The quantitative estimate of drug-likeness (QED) is 0.927. The number of benzene rings is 1. The minimum atomic E-state index is -0.572. The van der Waals surface area contributed by atoms with Crippen molar-refractivity contribution in [1.29, 1.82) is 0 Å². The first-order chi connectivity index (χ1) is 9.81. The van der Waals surface area contributed by atoms with E-state index in [1.165, 1.54) is 16.7 Å². The summed E-state index contributed by atoms with van der Waals surface area (Å²) < 4.78 is 14.5. The van der Waals surface area contributed by atoms with Gasteiger partial charge in [0.2, 0.25) is 0 Å². The fourth-order valence-electron chi connectivity index (χ4n) is 2.02. The van der Waals surface area contributed by atoms with Crippen LogP contribution in [0.15, 0.2) is 29.1 Å². The molecular weight excluding hydrogens is 295 g/mol. The highest BCUT2D eigenvalue weighted by atomic mass is 35.5. The fraction of sp³-hybridized carbons (Fsp3) is 0.200. The van der Waals surface area contributed by atoms with Gasteiger partial charge >= 0.3 is 0 Å². The van der Waals surface area contributed by atoms with Crippen molar-refractivity contribution in [3.8, 4) is 0 Å². The summed E-state index contributed by atoms with van der Waals surface area (Å²) in [6, 6.07) is 5.59. The van der Waals surface area contributed by atoms with Crippen molar-refractivity contribution in [3.05, 3.63) is 62.3 Å². The van der Waals surface area contributed by atoms with Crippen LogP contribution >= 0.6 is 11.6 Å². The number of aromatic nitrogens is 1. The minimum absolute atomic E-state index is 0.0588. The monoisotopic (exact) mass is 308 g/mol. The molecule has 0 aliphatic rings. The molecule has 1 N–H and O–H groups in total. The van der Waals surface area contributed by atoms with Gasteiger partial charge in [-0.05, 0) is 43.7 Å². The number of pyridine rings is 1. The molecular formula is C15H14ClFN2O2. The van der Waals surface area contributed by atoms with Crippen molar-refractivity contribution in [2.24, 2.45) is 7.05 Å². The van der Waals surface area contributed by atoms with Crippen molar-refractivity contribution in [2.75, 3.05) is 5.32 Å². The lowest BCUT2D eigenvalue weighted by molar-refractivity contribution is 0.102. The van der Waals surface area contributed by atoms with Gasteiger partial charge < -0.3 is 9.88 Å². The van der Waals surface area contributed by atoms with E-state index in [9.17, 15) is 14.0 Å². The Labute approximate surface area is 126 Å². The Hall–Kier alpha value is -2.14. The van der Waals surface area contributed by atoms with E-state index in [1.54, 1.807) is 27.0 Å². The topological polar surface area (TPSA) is 51.1 Å². The van der Waals surface area contributed by atoms with E-state index in [4.69, 9.17) is 11.6 Å². The molecule has 0 radical (unpaired) electrons. The third-order valence-corrected chi connectivity index (χ3v) is 3.56. The molecule has 4 nitrogen and oxygen atoms in total. The lowest BCUT2D eigenvalue weighted by Gasteiger charge is -2.11. The Balaban J connectivity index is 2.39. The molecule has 0 spiro atoms. The Kier molecular flexibility index (Phi) is 4.14. The number of nitrogens with zero attached hydrogens (tertiary/aromatic N) is 1. The third kappa shape index (κ3) is 2.97. The number of anilines is 1. The second-order valence-electron chi connectivity index (χ2n) is 4.79. The van der Waals surface area contributed by atoms with Crippen molar-refractivity contribution in [3.63, 3.8) is 0 Å². The summed E-state index contributed by atoms with van der Waals surface area (Å²) in [5.41, 5.74) is 1.36. The zero-order valence-electron chi connectivity index (χ0n) is 11.8. The average molecular weight is 309 g/mol. The van der Waals surface area contributed by atoms with E-state index < -0.39 is 11.7 Å². The van der Waals surface area contributed by atoms with Gasteiger partial charge in [-0.15, -0.1) is 0 Å². The predicted molar refractivity (Wildman–Crippen MR) is 80.5 cm³/mol. The van der Waals surface area contributed by atoms with E-state index in [0.29, 0.717) is 11.3 Å². The highest BCUT2D eigenvalue weighted by Gasteiger charge is 2.16. The van der Waals surface area contributed by atoms with Crippen LogP contribution in [0.3, 0.4) is 0 Å². The number of carbonyl (C=O) groups excluding carboxylic acids is 1. The first kappa shape index (κ1) is 15.3. The van der Waals surface area contributed by atoms with Crippen molar-refractivity contribution in [1.82, 2.24) is 4.57 Å². The molecule has 1 aromatic carbocycles. The number of hydrogen-bond donors (Lipinski definition) is 1. The van der Waals surface area contributed by atoms with Gasteiger partial charge in [0.15, 0.2) is 0 Å². The van der Waals surface area contributed by atoms with Gasteiger partial charge in [-0.2, -0.15) is 0 Å². The smallest absolute Gasteiger partial charge is 0.263 e. The van der Waals surface area contributed by atoms with Crippen molar-refractivity contribution in [2.45, 2.75) is 13.8 Å². The van der Waals surface area contributed by atoms with Gasteiger partial charge in [0.25, 0.3) is 11.5 Å². The van der Waals surface area contributed by atoms with Crippen LogP contribution in [0.4, 0.5) is 10.1 Å². The highest BCUT2D eigenvalue weighted by molar-refractivity contribution is 6.31. The molecule has 1 heterocycles. The number of carbonyl (C=O) groups is 1. The van der Waals surface area contributed by atoms with Crippen LogP contribution in [0.25, 0.3) is 0 Å². The first-order valence-electron chi connectivity index (χ1n) is 6.25.